The maximum atomic E-state index is 11.7. The van der Waals surface area contributed by atoms with E-state index in [1.165, 1.54) is 64.2 Å². The van der Waals surface area contributed by atoms with E-state index in [9.17, 15) is 24.9 Å². The Morgan fingerprint density at radius 2 is 1.43 bits per heavy atom. The van der Waals surface area contributed by atoms with Crippen molar-refractivity contribution in [1.82, 2.24) is 0 Å². The topological polar surface area (TPSA) is 113 Å². The summed E-state index contributed by atoms with van der Waals surface area (Å²) in [6.07, 6.45) is 13.4. The fourth-order valence-electron chi connectivity index (χ4n) is 3.35. The van der Waals surface area contributed by atoms with Crippen LogP contribution in [-0.2, 0) is 19.1 Å². The van der Waals surface area contributed by atoms with Gasteiger partial charge < -0.3 is 26.2 Å². The van der Waals surface area contributed by atoms with Gasteiger partial charge in [0.2, 0.25) is 5.76 Å². The number of hydrogen-bond donors (Lipinski definition) is 3. The minimum Gasteiger partial charge on any atom is -1.00 e. The molecule has 1 rings (SSSR count). The monoisotopic (exact) mass is 438 g/mol. The molecular formula is C22H39NaO7. The predicted octanol–water partition coefficient (Wildman–Crippen LogP) is 1.74. The van der Waals surface area contributed by atoms with Crippen LogP contribution >= 0.6 is 0 Å². The minimum absolute atomic E-state index is 0. The largest absolute Gasteiger partial charge is 1.00 e. The Bertz CT molecular complexity index is 528. The summed E-state index contributed by atoms with van der Waals surface area (Å²) >= 11 is 0. The van der Waals surface area contributed by atoms with E-state index < -0.39 is 42.3 Å². The summed E-state index contributed by atoms with van der Waals surface area (Å²) < 4.78 is 9.55. The van der Waals surface area contributed by atoms with E-state index in [1.54, 1.807) is 0 Å². The molecule has 3 N–H and O–H groups in total. The maximum absolute atomic E-state index is 11.7. The first kappa shape index (κ1) is 29.2. The van der Waals surface area contributed by atoms with Gasteiger partial charge in [-0.2, -0.15) is 0 Å². The van der Waals surface area contributed by atoms with Gasteiger partial charge in [-0.1, -0.05) is 84.0 Å². The molecule has 0 aromatic heterocycles. The molecule has 0 unspecified atom stereocenters. The smallest absolute Gasteiger partial charge is 1.00 e. The number of carbonyl (C=O) groups excluding carboxylic acids is 2. The van der Waals surface area contributed by atoms with Crippen LogP contribution in [0.5, 0.6) is 0 Å². The number of unbranched alkanes of at least 4 members (excludes halogenated alkanes) is 12. The number of rotatable bonds is 17. The summed E-state index contributed by atoms with van der Waals surface area (Å²) in [5.74, 6) is -3.21. The molecule has 0 aromatic rings. The van der Waals surface area contributed by atoms with Crippen molar-refractivity contribution in [2.45, 2.75) is 109 Å². The van der Waals surface area contributed by atoms with E-state index in [0.29, 0.717) is 0 Å². The van der Waals surface area contributed by atoms with Crippen molar-refractivity contribution in [1.29, 1.82) is 0 Å². The molecule has 1 aliphatic rings. The predicted molar refractivity (Wildman–Crippen MR) is 111 cm³/mol. The second-order valence-electron chi connectivity index (χ2n) is 7.80. The summed E-state index contributed by atoms with van der Waals surface area (Å²) in [6.45, 7) is 1.83. The standard InChI is InChI=1S/C22H38O7.Na.H/c1-2-3-4-5-6-7-8-9-10-11-12-13-14-15-18(24)28-16-17(23)21-19(25)20(26)22(27)29-21;;/h17,21,23,25-26H,2-16H2,1H3;;/q;+1;-1/t17-,21+;;/m0../s1. The summed E-state index contributed by atoms with van der Waals surface area (Å²) in [4.78, 5) is 22.8. The quantitative estimate of drug-likeness (QED) is 0.180. The molecule has 7 nitrogen and oxygen atoms in total. The van der Waals surface area contributed by atoms with Gasteiger partial charge in [-0.15, -0.1) is 0 Å². The van der Waals surface area contributed by atoms with Gasteiger partial charge in [0.1, 0.15) is 12.7 Å². The fraction of sp³-hybridized carbons (Fsp3) is 0.818. The Hall–Kier alpha value is -0.760. The number of aliphatic hydroxyl groups is 3. The molecule has 1 aliphatic heterocycles. The molecule has 0 amide bonds. The third-order valence-electron chi connectivity index (χ3n) is 5.19. The normalized spacial score (nSPS) is 16.9. The first-order valence-corrected chi connectivity index (χ1v) is 11.1. The van der Waals surface area contributed by atoms with Crippen LogP contribution in [-0.4, -0.2) is 46.1 Å². The molecule has 0 saturated heterocycles. The molecule has 0 fully saturated rings. The second-order valence-corrected chi connectivity index (χ2v) is 7.80. The van der Waals surface area contributed by atoms with E-state index in [4.69, 9.17) is 4.74 Å². The zero-order valence-electron chi connectivity index (χ0n) is 19.7. The van der Waals surface area contributed by atoms with Gasteiger partial charge in [0.15, 0.2) is 11.9 Å². The van der Waals surface area contributed by atoms with Gasteiger partial charge in [0.25, 0.3) is 0 Å². The maximum Gasteiger partial charge on any atom is 1.00 e. The van der Waals surface area contributed by atoms with E-state index in [2.05, 4.69) is 11.7 Å². The van der Waals surface area contributed by atoms with Gasteiger partial charge >= 0.3 is 41.5 Å². The molecule has 0 aromatic carbocycles. The van der Waals surface area contributed by atoms with Gasteiger partial charge in [-0.3, -0.25) is 4.79 Å². The van der Waals surface area contributed by atoms with Crippen LogP contribution in [0.2, 0.25) is 0 Å². The Labute approximate surface area is 204 Å². The second kappa shape index (κ2) is 17.9. The number of hydrogen-bond acceptors (Lipinski definition) is 7. The van der Waals surface area contributed by atoms with Crippen LogP contribution in [0.4, 0.5) is 0 Å². The number of cyclic esters (lactones) is 1. The summed E-state index contributed by atoms with van der Waals surface area (Å²) in [5.41, 5.74) is 0. The molecule has 2 atom stereocenters. The fourth-order valence-corrected chi connectivity index (χ4v) is 3.35. The Kier molecular flexibility index (Phi) is 17.4. The number of aliphatic hydroxyl groups excluding tert-OH is 3. The molecule has 8 heteroatoms. The van der Waals surface area contributed by atoms with Gasteiger partial charge in [0.05, 0.1) is 0 Å². The van der Waals surface area contributed by atoms with Crippen molar-refractivity contribution in [3.63, 3.8) is 0 Å². The van der Waals surface area contributed by atoms with E-state index in [1.807, 2.05) is 0 Å². The third-order valence-corrected chi connectivity index (χ3v) is 5.19. The van der Waals surface area contributed by atoms with Gasteiger partial charge in [-0.25, -0.2) is 4.79 Å². The zero-order valence-corrected chi connectivity index (χ0v) is 20.7. The van der Waals surface area contributed by atoms with Crippen molar-refractivity contribution >= 4 is 11.9 Å². The van der Waals surface area contributed by atoms with Crippen LogP contribution in [0, 0.1) is 0 Å². The first-order chi connectivity index (χ1) is 14.0. The number of carbonyl (C=O) groups is 2. The van der Waals surface area contributed by atoms with Crippen LogP contribution in [0.25, 0.3) is 0 Å². The van der Waals surface area contributed by atoms with Crippen LogP contribution < -0.4 is 29.6 Å². The Morgan fingerprint density at radius 1 is 0.967 bits per heavy atom. The Morgan fingerprint density at radius 3 is 1.87 bits per heavy atom. The molecule has 0 bridgehead atoms. The molecule has 0 radical (unpaired) electrons. The number of esters is 2. The van der Waals surface area contributed by atoms with Gasteiger partial charge in [0, 0.05) is 6.42 Å². The van der Waals surface area contributed by atoms with Crippen molar-refractivity contribution in [2.75, 3.05) is 6.61 Å². The van der Waals surface area contributed by atoms with Crippen LogP contribution in [0.15, 0.2) is 11.5 Å². The average molecular weight is 439 g/mol. The first-order valence-electron chi connectivity index (χ1n) is 11.1. The van der Waals surface area contributed by atoms with Gasteiger partial charge in [-0.05, 0) is 6.42 Å². The van der Waals surface area contributed by atoms with Crippen molar-refractivity contribution in [2.24, 2.45) is 0 Å². The van der Waals surface area contributed by atoms with Crippen molar-refractivity contribution in [3.8, 4) is 0 Å². The third kappa shape index (κ3) is 12.2. The SMILES string of the molecule is CCCCCCCCCCCCCCCC(=O)OC[C@H](O)[C@H]1OC(=O)C(O)=C1O.[H-].[Na+]. The molecule has 30 heavy (non-hydrogen) atoms. The van der Waals surface area contributed by atoms with Crippen molar-refractivity contribution in [3.05, 3.63) is 11.5 Å². The van der Waals surface area contributed by atoms with E-state index >= 15 is 0 Å². The molecular weight excluding hydrogens is 399 g/mol. The minimum atomic E-state index is -1.42. The van der Waals surface area contributed by atoms with E-state index in [0.717, 1.165) is 19.3 Å². The number of ether oxygens (including phenoxy) is 2. The van der Waals surface area contributed by atoms with Crippen LogP contribution in [0.3, 0.4) is 0 Å². The molecule has 1 heterocycles. The Balaban J connectivity index is 0. The molecule has 0 saturated carbocycles. The molecule has 170 valence electrons. The van der Waals surface area contributed by atoms with Crippen LogP contribution in [0.1, 0.15) is 98.2 Å². The average Bonchev–Trinajstić information content (AvgIpc) is 2.97. The zero-order chi connectivity index (χ0) is 21.5. The van der Waals surface area contributed by atoms with E-state index in [-0.39, 0.29) is 37.4 Å². The summed E-state index contributed by atoms with van der Waals surface area (Å²) in [6, 6.07) is 0. The van der Waals surface area contributed by atoms with Crippen molar-refractivity contribution < 1.29 is 65.4 Å². The summed E-state index contributed by atoms with van der Waals surface area (Å²) in [5, 5.41) is 28.5. The molecule has 0 aliphatic carbocycles. The summed E-state index contributed by atoms with van der Waals surface area (Å²) in [7, 11) is 0. The molecule has 0 spiro atoms.